The predicted octanol–water partition coefficient (Wildman–Crippen LogP) is 2.19. The summed E-state index contributed by atoms with van der Waals surface area (Å²) in [5.74, 6) is -1.06. The van der Waals surface area contributed by atoms with Gasteiger partial charge in [0.2, 0.25) is 17.7 Å². The van der Waals surface area contributed by atoms with E-state index in [0.29, 0.717) is 5.69 Å². The number of fused-ring (bicyclic) bond motifs is 6. The fraction of sp³-hybridized carbons (Fsp3) is 0.429. The Morgan fingerprint density at radius 3 is 2.54 bits per heavy atom. The van der Waals surface area contributed by atoms with Crippen molar-refractivity contribution in [1.29, 1.82) is 0 Å². The van der Waals surface area contributed by atoms with Crippen LogP contribution in [0.4, 0.5) is 5.69 Å². The minimum Gasteiger partial charge on any atom is -0.331 e. The normalized spacial score (nSPS) is 29.0. The molecule has 7 nitrogen and oxygen atoms in total. The van der Waals surface area contributed by atoms with Crippen LogP contribution in [0.15, 0.2) is 36.7 Å². The largest absolute Gasteiger partial charge is 0.331 e. The van der Waals surface area contributed by atoms with E-state index < -0.39 is 6.04 Å². The van der Waals surface area contributed by atoms with Gasteiger partial charge in [-0.3, -0.25) is 19.3 Å². The fourth-order valence-corrected chi connectivity index (χ4v) is 5.06. The van der Waals surface area contributed by atoms with Crippen molar-refractivity contribution in [3.63, 3.8) is 0 Å². The van der Waals surface area contributed by atoms with Gasteiger partial charge in [0.25, 0.3) is 0 Å². The van der Waals surface area contributed by atoms with E-state index in [4.69, 9.17) is 0 Å². The summed E-state index contributed by atoms with van der Waals surface area (Å²) in [4.78, 5) is 44.1. The Balaban J connectivity index is 1.34. The van der Waals surface area contributed by atoms with Crippen LogP contribution < -0.4 is 5.32 Å². The number of likely N-dealkylation sites (tertiary alicyclic amines) is 1. The monoisotopic (exact) mass is 378 g/mol. The number of aromatic nitrogens is 2. The minimum atomic E-state index is -0.839. The number of imide groups is 1. The number of nitrogens with one attached hydrogen (secondary N) is 1. The molecule has 5 rings (SSSR count). The molecular formula is C21H22N4O3. The first kappa shape index (κ1) is 17.2. The van der Waals surface area contributed by atoms with Crippen LogP contribution in [0.25, 0.3) is 11.0 Å². The van der Waals surface area contributed by atoms with Gasteiger partial charge in [-0.2, -0.15) is 0 Å². The molecule has 2 heterocycles. The Morgan fingerprint density at radius 2 is 1.89 bits per heavy atom. The van der Waals surface area contributed by atoms with Crippen LogP contribution in [0.2, 0.25) is 0 Å². The molecule has 1 aromatic heterocycles. The average Bonchev–Trinajstić information content (AvgIpc) is 3.44. The number of allylic oxidation sites excluding steroid dienone is 2. The van der Waals surface area contributed by atoms with E-state index in [0.717, 1.165) is 24.0 Å². The Hall–Kier alpha value is -2.96. The maximum atomic E-state index is 12.9. The number of benzene rings is 1. The number of aryl methyl sites for hydroxylation is 1. The number of rotatable bonds is 4. The molecule has 5 atom stereocenters. The highest BCUT2D eigenvalue weighted by atomic mass is 16.2. The summed E-state index contributed by atoms with van der Waals surface area (Å²) in [6, 6.07) is 4.69. The van der Waals surface area contributed by atoms with Crippen molar-refractivity contribution in [2.75, 3.05) is 5.32 Å². The number of hydrogen-bond donors (Lipinski definition) is 1. The predicted molar refractivity (Wildman–Crippen MR) is 103 cm³/mol. The zero-order valence-electron chi connectivity index (χ0n) is 15.8. The summed E-state index contributed by atoms with van der Waals surface area (Å²) < 4.78 is 2.02. The van der Waals surface area contributed by atoms with Gasteiger partial charge in [-0.15, -0.1) is 0 Å². The second kappa shape index (κ2) is 6.02. The lowest BCUT2D eigenvalue weighted by molar-refractivity contribution is -0.146. The Morgan fingerprint density at radius 1 is 1.21 bits per heavy atom. The molecule has 2 fully saturated rings. The average molecular weight is 378 g/mol. The molecule has 2 aromatic rings. The van der Waals surface area contributed by atoms with Gasteiger partial charge < -0.3 is 9.88 Å². The van der Waals surface area contributed by atoms with Crippen molar-refractivity contribution in [3.05, 3.63) is 36.7 Å². The van der Waals surface area contributed by atoms with E-state index in [1.54, 1.807) is 19.3 Å². The minimum absolute atomic E-state index is 0.141. The molecule has 2 aliphatic carbocycles. The first-order valence-corrected chi connectivity index (χ1v) is 9.80. The van der Waals surface area contributed by atoms with Crippen LogP contribution in [0.1, 0.15) is 20.3 Å². The third kappa shape index (κ3) is 2.28. The van der Waals surface area contributed by atoms with Crippen LogP contribution in [-0.2, 0) is 20.9 Å². The van der Waals surface area contributed by atoms with E-state index >= 15 is 0 Å². The molecule has 1 saturated carbocycles. The van der Waals surface area contributed by atoms with Gasteiger partial charge >= 0.3 is 0 Å². The third-order valence-electron chi connectivity index (χ3n) is 6.50. The van der Waals surface area contributed by atoms with Crippen LogP contribution in [-0.4, -0.2) is 38.2 Å². The first-order valence-electron chi connectivity index (χ1n) is 9.80. The Labute approximate surface area is 162 Å². The highest BCUT2D eigenvalue weighted by Crippen LogP contribution is 2.52. The zero-order chi connectivity index (χ0) is 19.6. The fourth-order valence-electron chi connectivity index (χ4n) is 5.06. The number of imidazole rings is 1. The summed E-state index contributed by atoms with van der Waals surface area (Å²) >= 11 is 0. The van der Waals surface area contributed by atoms with Crippen molar-refractivity contribution in [1.82, 2.24) is 14.5 Å². The number of hydrogen-bond acceptors (Lipinski definition) is 4. The summed E-state index contributed by atoms with van der Waals surface area (Å²) in [6.45, 7) is 4.48. The molecule has 1 aliphatic heterocycles. The van der Waals surface area contributed by atoms with Crippen molar-refractivity contribution >= 4 is 34.4 Å². The third-order valence-corrected chi connectivity index (χ3v) is 6.50. The van der Waals surface area contributed by atoms with Gasteiger partial charge in [0.1, 0.15) is 6.04 Å². The molecule has 1 aromatic carbocycles. The highest BCUT2D eigenvalue weighted by molar-refractivity contribution is 6.10. The van der Waals surface area contributed by atoms with Crippen LogP contribution in [0.5, 0.6) is 0 Å². The Bertz CT molecular complexity index is 1010. The van der Waals surface area contributed by atoms with E-state index in [9.17, 15) is 14.4 Å². The van der Waals surface area contributed by atoms with Gasteiger partial charge in [0.15, 0.2) is 0 Å². The van der Waals surface area contributed by atoms with Gasteiger partial charge in [0.05, 0.1) is 29.2 Å². The molecule has 7 heteroatoms. The molecule has 2 bridgehead atoms. The van der Waals surface area contributed by atoms with Crippen LogP contribution >= 0.6 is 0 Å². The number of carbonyl (C=O) groups excluding carboxylic acids is 3. The quantitative estimate of drug-likeness (QED) is 0.653. The molecular weight excluding hydrogens is 356 g/mol. The molecule has 0 radical (unpaired) electrons. The molecule has 0 spiro atoms. The number of amides is 3. The SMILES string of the molecule is CCn1cnc2cc(NC(=O)[C@@H](C)N3C(=O)[C@@H]4[C@H](C3=O)[C@H]3C=C[C@H]4C3)ccc21. The summed E-state index contributed by atoms with van der Waals surface area (Å²) in [5, 5.41) is 2.83. The lowest BCUT2D eigenvalue weighted by Crippen LogP contribution is -2.46. The molecule has 1 saturated heterocycles. The number of carbonyl (C=O) groups is 3. The maximum Gasteiger partial charge on any atom is 0.247 e. The van der Waals surface area contributed by atoms with Crippen molar-refractivity contribution < 1.29 is 14.4 Å². The lowest BCUT2D eigenvalue weighted by atomic mass is 9.85. The van der Waals surface area contributed by atoms with Crippen LogP contribution in [0, 0.1) is 23.7 Å². The molecule has 144 valence electrons. The summed E-state index contributed by atoms with van der Waals surface area (Å²) in [6.07, 6.45) is 6.75. The highest BCUT2D eigenvalue weighted by Gasteiger charge is 2.60. The number of nitrogens with zero attached hydrogens (tertiary/aromatic N) is 3. The lowest BCUT2D eigenvalue weighted by Gasteiger charge is -2.23. The smallest absolute Gasteiger partial charge is 0.247 e. The van der Waals surface area contributed by atoms with Gasteiger partial charge in [-0.1, -0.05) is 12.2 Å². The molecule has 28 heavy (non-hydrogen) atoms. The maximum absolute atomic E-state index is 12.9. The molecule has 1 N–H and O–H groups in total. The van der Waals surface area contributed by atoms with E-state index in [-0.39, 0.29) is 41.4 Å². The van der Waals surface area contributed by atoms with E-state index in [1.165, 1.54) is 4.90 Å². The standard InChI is InChI=1S/C21H22N4O3/c1-3-24-10-22-15-9-14(6-7-16(15)24)23-19(26)11(2)25-20(27)17-12-4-5-13(8-12)18(17)21(25)28/h4-7,9-13,17-18H,3,8H2,1-2H3,(H,23,26)/t11-,12+,13+,17-,18+/m1/s1. The van der Waals surface area contributed by atoms with E-state index in [1.807, 2.05) is 23.6 Å². The Kier molecular flexibility index (Phi) is 3.69. The number of anilines is 1. The van der Waals surface area contributed by atoms with Gasteiger partial charge in [-0.05, 0) is 50.3 Å². The zero-order valence-corrected chi connectivity index (χ0v) is 15.8. The van der Waals surface area contributed by atoms with Crippen LogP contribution in [0.3, 0.4) is 0 Å². The van der Waals surface area contributed by atoms with Crippen molar-refractivity contribution in [2.45, 2.75) is 32.9 Å². The summed E-state index contributed by atoms with van der Waals surface area (Å²) in [5.41, 5.74) is 2.39. The van der Waals surface area contributed by atoms with Gasteiger partial charge in [0, 0.05) is 12.2 Å². The molecule has 0 unspecified atom stereocenters. The topological polar surface area (TPSA) is 84.3 Å². The van der Waals surface area contributed by atoms with Gasteiger partial charge in [-0.25, -0.2) is 4.98 Å². The second-order valence-corrected chi connectivity index (χ2v) is 7.95. The van der Waals surface area contributed by atoms with Crippen molar-refractivity contribution in [3.8, 4) is 0 Å². The summed E-state index contributed by atoms with van der Waals surface area (Å²) in [7, 11) is 0. The van der Waals surface area contributed by atoms with E-state index in [2.05, 4.69) is 22.5 Å². The molecule has 3 amide bonds. The first-order chi connectivity index (χ1) is 13.5. The van der Waals surface area contributed by atoms with Crippen molar-refractivity contribution in [2.24, 2.45) is 23.7 Å². The second-order valence-electron chi connectivity index (χ2n) is 7.95. The molecule has 3 aliphatic rings.